The van der Waals surface area contributed by atoms with Crippen molar-refractivity contribution in [2.45, 2.75) is 248 Å². The van der Waals surface area contributed by atoms with Crippen LogP contribution in [0.25, 0.3) is 0 Å². The van der Waals surface area contributed by atoms with Gasteiger partial charge in [0, 0.05) is 27.2 Å². The largest absolute Gasteiger partial charge is 0.477 e. The number of nitrogens with one attached hydrogen (secondary N) is 3. The molecule has 3 amide bonds. The maximum atomic E-state index is 12.8. The van der Waals surface area contributed by atoms with E-state index < -0.39 is 297 Å². The quantitative estimate of drug-likeness (QED) is 0.0404. The van der Waals surface area contributed by atoms with Gasteiger partial charge in [0.2, 0.25) is 17.7 Å². The van der Waals surface area contributed by atoms with Crippen molar-refractivity contribution in [3.05, 3.63) is 0 Å². The number of aliphatic carboxylic acids is 1. The van der Waals surface area contributed by atoms with Crippen molar-refractivity contribution in [2.24, 2.45) is 0 Å². The van der Waals surface area contributed by atoms with Crippen LogP contribution in [0.2, 0.25) is 0 Å². The minimum atomic E-state index is -3.02. The van der Waals surface area contributed by atoms with Crippen molar-refractivity contribution in [3.63, 3.8) is 0 Å². The third-order valence-corrected chi connectivity index (χ3v) is 16.7. The SMILES string of the molecule is CC(=O)N[C@H]1[C@H](OC[C@H]2O[C@@H](O[C@H]3[C@H](O)[C@@H](O)C(O)O[C@@H]3CO)[C@H](O)[C@@H](O[C@@H]3O[C@H](CO)[C@@H](O[C@@H]4O[C@H](CO)[C@H](O)[C@H](O)[C@H]4O)[C@H](O)[C@H]3NC(C)=O)[C@H]2O)O[C@H](CO)[C@@H](O[C@@H]2O[C@H](CO[C@]3(C(=O)O)C[C@H](O)[C@@H](NC(C)=O)[C@H]([C@H](O)[C@H](O)CO)O3)[C@H](O)[C@H](O)[C@H]2O)[C@@H]1O. The Labute approximate surface area is 525 Å². The van der Waals surface area contributed by atoms with Gasteiger partial charge in [-0.1, -0.05) is 0 Å². The van der Waals surface area contributed by atoms with Gasteiger partial charge < -0.3 is 190 Å². The number of carbonyl (C=O) groups excluding carboxylic acids is 3. The predicted molar refractivity (Wildman–Crippen MR) is 284 cm³/mol. The molecule has 25 N–H and O–H groups in total. The molecule has 36 atom stereocenters. The molecule has 0 bridgehead atoms. The molecule has 7 fully saturated rings. The highest BCUT2D eigenvalue weighted by Gasteiger charge is 2.60. The van der Waals surface area contributed by atoms with Crippen LogP contribution in [0.3, 0.4) is 0 Å². The topological polar surface area (TPSA) is 669 Å². The molecule has 538 valence electrons. The van der Waals surface area contributed by atoms with Gasteiger partial charge in [-0.15, -0.1) is 0 Å². The summed E-state index contributed by atoms with van der Waals surface area (Å²) in [4.78, 5) is 50.4. The molecule has 7 rings (SSSR count). The lowest BCUT2D eigenvalue weighted by molar-refractivity contribution is -0.384. The molecule has 0 radical (unpaired) electrons. The maximum absolute atomic E-state index is 12.8. The molecular weight excluding hydrogens is 1280 g/mol. The van der Waals surface area contributed by atoms with Gasteiger partial charge in [0.15, 0.2) is 37.7 Å². The number of carbonyl (C=O) groups is 4. The number of ether oxygens (including phenoxy) is 13. The van der Waals surface area contributed by atoms with E-state index in [1.807, 2.05) is 0 Å². The van der Waals surface area contributed by atoms with Crippen LogP contribution in [-0.4, -0.2) is 403 Å². The van der Waals surface area contributed by atoms with Crippen LogP contribution in [0, 0.1) is 0 Å². The molecule has 1 unspecified atom stereocenters. The molecule has 93 heavy (non-hydrogen) atoms. The number of amides is 3. The van der Waals surface area contributed by atoms with Gasteiger partial charge in [-0.2, -0.15) is 0 Å². The molecule has 0 aromatic carbocycles. The summed E-state index contributed by atoms with van der Waals surface area (Å²) in [5, 5.41) is 244. The Balaban J connectivity index is 1.12. The van der Waals surface area contributed by atoms with Crippen LogP contribution in [0.1, 0.15) is 27.2 Å². The Hall–Kier alpha value is -3.48. The monoisotopic (exact) mass is 1360 g/mol. The minimum absolute atomic E-state index is 0.808. The summed E-state index contributed by atoms with van der Waals surface area (Å²) in [5.74, 6) is -7.64. The molecule has 7 aliphatic rings. The zero-order valence-electron chi connectivity index (χ0n) is 49.6. The summed E-state index contributed by atoms with van der Waals surface area (Å²) in [6.07, 6.45) is -66.2. The highest BCUT2D eigenvalue weighted by molar-refractivity contribution is 5.77. The van der Waals surface area contributed by atoms with Crippen LogP contribution in [-0.2, 0) is 80.8 Å². The number of carboxylic acid groups (broad SMARTS) is 1. The van der Waals surface area contributed by atoms with E-state index in [1.165, 1.54) is 0 Å². The van der Waals surface area contributed by atoms with E-state index in [2.05, 4.69) is 16.0 Å². The third kappa shape index (κ3) is 17.0. The molecule has 42 nitrogen and oxygen atoms in total. The van der Waals surface area contributed by atoms with E-state index in [0.717, 1.165) is 20.8 Å². The summed E-state index contributed by atoms with van der Waals surface area (Å²) in [7, 11) is 0. The van der Waals surface area contributed by atoms with Crippen molar-refractivity contribution in [3.8, 4) is 0 Å². The lowest BCUT2D eigenvalue weighted by Crippen LogP contribution is -2.70. The summed E-state index contributed by atoms with van der Waals surface area (Å²) in [6, 6.07) is -5.33. The number of hydrogen-bond acceptors (Lipinski definition) is 38. The lowest BCUT2D eigenvalue weighted by atomic mass is 9.88. The van der Waals surface area contributed by atoms with Gasteiger partial charge in [0.25, 0.3) is 5.79 Å². The van der Waals surface area contributed by atoms with Crippen LogP contribution in [0.15, 0.2) is 0 Å². The van der Waals surface area contributed by atoms with Crippen molar-refractivity contribution in [1.82, 2.24) is 16.0 Å². The molecule has 0 spiro atoms. The number of hydrogen-bond donors (Lipinski definition) is 25. The first-order chi connectivity index (χ1) is 43.8. The van der Waals surface area contributed by atoms with E-state index in [1.54, 1.807) is 0 Å². The fourth-order valence-corrected chi connectivity index (χ4v) is 11.7. The van der Waals surface area contributed by atoms with Crippen LogP contribution in [0.5, 0.6) is 0 Å². The molecule has 0 saturated carbocycles. The fraction of sp³-hybridized carbons (Fsp3) is 0.922. The first-order valence-corrected chi connectivity index (χ1v) is 29.2. The first-order valence-electron chi connectivity index (χ1n) is 29.2. The maximum Gasteiger partial charge on any atom is 0.364 e. The molecule has 0 aliphatic carbocycles. The normalized spacial score (nSPS) is 47.2. The van der Waals surface area contributed by atoms with Crippen molar-refractivity contribution < 1.29 is 193 Å². The number of aliphatic hydroxyl groups is 21. The average molecular weight is 1360 g/mol. The summed E-state index contributed by atoms with van der Waals surface area (Å²) in [6.45, 7) is -4.56. The van der Waals surface area contributed by atoms with Crippen LogP contribution in [0.4, 0.5) is 0 Å². The van der Waals surface area contributed by atoms with Crippen molar-refractivity contribution in [1.29, 1.82) is 0 Å². The van der Waals surface area contributed by atoms with Gasteiger partial charge in [-0.25, -0.2) is 4.79 Å². The second kappa shape index (κ2) is 32.9. The standard InChI is InChI=1S/C51H85N3O39/c1-12(60)52-23-15(63)4-51(50(79)80,93-42(23)26(65)16(64)5-55)82-11-22-28(67)33(72)37(76)48(88-22)90-39-19(8-58)85-45(24(30(39)69)53-13(2)61)81-10-21-29(68)43(38(77)49(87-21)91-41-18(7-57)83-44(78)35(74)34(41)73)92-46-25(54-14(3)62)31(70)40(20(9-59)86-46)89-47-36(75)32(71)27(66)17(6-56)84-47/h15-49,55-59,63-78H,4-11H2,1-3H3,(H,52,60)(H,53,61)(H,54,62)(H,79,80)/t15-,16+,17+,18+,19+,20+,21+,22+,23+,24+,25+,26+,27-,28-,29-,30+,31+,32-,33-,34+,35+,36+,37+,38+,39+,40+,41+,42+,43-,44?,45+,46-,47-,48-,49-,51+/m0/s1. The van der Waals surface area contributed by atoms with Gasteiger partial charge in [0.05, 0.1) is 58.4 Å². The molecule has 7 saturated heterocycles. The molecular formula is C51H85N3O39. The second-order valence-electron chi connectivity index (χ2n) is 23.3. The average Bonchev–Trinajstić information content (AvgIpc) is 0.808. The van der Waals surface area contributed by atoms with Crippen molar-refractivity contribution >= 4 is 23.7 Å². The van der Waals surface area contributed by atoms with E-state index in [0.29, 0.717) is 0 Å². The highest BCUT2D eigenvalue weighted by atomic mass is 16.8. The van der Waals surface area contributed by atoms with Gasteiger partial charge >= 0.3 is 5.97 Å². The predicted octanol–water partition coefficient (Wildman–Crippen LogP) is -16.6. The Morgan fingerprint density at radius 2 is 0.849 bits per heavy atom. The molecule has 7 aliphatic heterocycles. The molecule has 0 aromatic heterocycles. The third-order valence-electron chi connectivity index (χ3n) is 16.7. The van der Waals surface area contributed by atoms with Gasteiger partial charge in [-0.3, -0.25) is 14.4 Å². The summed E-state index contributed by atoms with van der Waals surface area (Å²) in [5.41, 5.74) is 0. The number of carboxylic acids is 1. The minimum Gasteiger partial charge on any atom is -0.477 e. The zero-order valence-corrected chi connectivity index (χ0v) is 49.6. The van der Waals surface area contributed by atoms with Gasteiger partial charge in [0.1, 0.15) is 165 Å². The molecule has 0 aromatic rings. The second-order valence-corrected chi connectivity index (χ2v) is 23.3. The lowest BCUT2D eigenvalue weighted by Gasteiger charge is -2.50. The molecule has 42 heteroatoms. The fourth-order valence-electron chi connectivity index (χ4n) is 11.7. The smallest absolute Gasteiger partial charge is 0.364 e. The number of aliphatic hydroxyl groups excluding tert-OH is 21. The zero-order chi connectivity index (χ0) is 69.0. The van der Waals surface area contributed by atoms with Crippen molar-refractivity contribution in [2.75, 3.05) is 46.2 Å². The Bertz CT molecular complexity index is 2410. The Morgan fingerprint density at radius 1 is 0.441 bits per heavy atom. The van der Waals surface area contributed by atoms with Gasteiger partial charge in [-0.05, 0) is 0 Å². The van der Waals surface area contributed by atoms with E-state index >= 15 is 0 Å². The Morgan fingerprint density at radius 3 is 1.33 bits per heavy atom. The van der Waals surface area contributed by atoms with Crippen LogP contribution >= 0.6 is 0 Å². The number of rotatable bonds is 25. The van der Waals surface area contributed by atoms with E-state index in [4.69, 9.17) is 61.6 Å². The first kappa shape index (κ1) is 76.9. The van der Waals surface area contributed by atoms with E-state index in [9.17, 15) is 132 Å². The summed E-state index contributed by atoms with van der Waals surface area (Å²) < 4.78 is 74.6. The molecule has 7 heterocycles. The summed E-state index contributed by atoms with van der Waals surface area (Å²) >= 11 is 0. The highest BCUT2D eigenvalue weighted by Crippen LogP contribution is 2.39. The van der Waals surface area contributed by atoms with Crippen LogP contribution < -0.4 is 16.0 Å². The van der Waals surface area contributed by atoms with E-state index in [-0.39, 0.29) is 0 Å². The Kier molecular flexibility index (Phi) is 27.2.